The van der Waals surface area contributed by atoms with Crippen molar-refractivity contribution in [1.82, 2.24) is 15.2 Å². The summed E-state index contributed by atoms with van der Waals surface area (Å²) in [5, 5.41) is 4.11. The fourth-order valence-corrected chi connectivity index (χ4v) is 5.31. The molecular formula is C24H28N4O3S. The van der Waals surface area contributed by atoms with Gasteiger partial charge in [0.25, 0.3) is 5.91 Å². The standard InChI is InChI=1S/C24H28N4O3S/c1-16-7-8-17(2)22-21(16)26-24(32-22)28-13-11-27(12-14-28)10-9-25-23(29)20-15-30-18-5-3-4-6-19(18)31-20/h3-8,20H,9-15H2,1-2H3,(H,25,29). The second kappa shape index (κ2) is 8.96. The van der Waals surface area contributed by atoms with Gasteiger partial charge in [-0.25, -0.2) is 4.98 Å². The van der Waals surface area contributed by atoms with Crippen molar-refractivity contribution in [3.8, 4) is 11.5 Å². The van der Waals surface area contributed by atoms with E-state index >= 15 is 0 Å². The summed E-state index contributed by atoms with van der Waals surface area (Å²) in [7, 11) is 0. The van der Waals surface area contributed by atoms with E-state index in [0.717, 1.165) is 43.4 Å². The monoisotopic (exact) mass is 452 g/mol. The molecule has 2 aromatic carbocycles. The number of para-hydroxylation sites is 2. The summed E-state index contributed by atoms with van der Waals surface area (Å²) in [6.45, 7) is 9.75. The molecule has 1 aromatic heterocycles. The van der Waals surface area contributed by atoms with Crippen molar-refractivity contribution in [3.63, 3.8) is 0 Å². The summed E-state index contributed by atoms with van der Waals surface area (Å²) in [5.74, 6) is 1.18. The van der Waals surface area contributed by atoms with Crippen molar-refractivity contribution in [3.05, 3.63) is 47.5 Å². The molecule has 168 valence electrons. The Kier molecular flexibility index (Phi) is 5.89. The lowest BCUT2D eigenvalue weighted by Crippen LogP contribution is -2.50. The van der Waals surface area contributed by atoms with Crippen LogP contribution in [0.4, 0.5) is 5.13 Å². The number of carbonyl (C=O) groups is 1. The summed E-state index contributed by atoms with van der Waals surface area (Å²) >= 11 is 1.79. The van der Waals surface area contributed by atoms with Gasteiger partial charge in [0.1, 0.15) is 6.61 Å². The minimum absolute atomic E-state index is 0.127. The Hall–Kier alpha value is -2.84. The maximum absolute atomic E-state index is 12.5. The van der Waals surface area contributed by atoms with Crippen molar-refractivity contribution in [1.29, 1.82) is 0 Å². The predicted octanol–water partition coefficient (Wildman–Crippen LogP) is 2.99. The minimum Gasteiger partial charge on any atom is -0.485 e. The Balaban J connectivity index is 1.09. The fraction of sp³-hybridized carbons (Fsp3) is 0.417. The molecule has 0 radical (unpaired) electrons. The number of thiazole rings is 1. The lowest BCUT2D eigenvalue weighted by atomic mass is 10.1. The van der Waals surface area contributed by atoms with Crippen LogP contribution < -0.4 is 19.7 Å². The number of rotatable bonds is 5. The van der Waals surface area contributed by atoms with Crippen LogP contribution in [0.2, 0.25) is 0 Å². The predicted molar refractivity (Wildman–Crippen MR) is 127 cm³/mol. The molecule has 3 heterocycles. The van der Waals surface area contributed by atoms with Crippen molar-refractivity contribution < 1.29 is 14.3 Å². The number of aromatic nitrogens is 1. The number of piperazine rings is 1. The maximum atomic E-state index is 12.5. The van der Waals surface area contributed by atoms with E-state index in [0.29, 0.717) is 18.0 Å². The van der Waals surface area contributed by atoms with Gasteiger partial charge in [0.05, 0.1) is 10.2 Å². The zero-order valence-corrected chi connectivity index (χ0v) is 19.3. The number of carbonyl (C=O) groups excluding carboxylic acids is 1. The zero-order valence-electron chi connectivity index (χ0n) is 18.5. The van der Waals surface area contributed by atoms with Gasteiger partial charge in [-0.3, -0.25) is 9.69 Å². The first-order valence-corrected chi connectivity index (χ1v) is 11.9. The largest absolute Gasteiger partial charge is 0.485 e. The average molecular weight is 453 g/mol. The first-order chi connectivity index (χ1) is 15.6. The second-order valence-electron chi connectivity index (χ2n) is 8.36. The second-order valence-corrected chi connectivity index (χ2v) is 9.33. The van der Waals surface area contributed by atoms with E-state index in [-0.39, 0.29) is 12.5 Å². The van der Waals surface area contributed by atoms with Crippen LogP contribution in [0.5, 0.6) is 11.5 Å². The highest BCUT2D eigenvalue weighted by Gasteiger charge is 2.27. The molecule has 0 spiro atoms. The van der Waals surface area contributed by atoms with Crippen LogP contribution >= 0.6 is 11.3 Å². The summed E-state index contributed by atoms with van der Waals surface area (Å²) in [6, 6.07) is 11.8. The Morgan fingerprint density at radius 2 is 1.84 bits per heavy atom. The molecule has 0 aliphatic carbocycles. The Morgan fingerprint density at radius 3 is 2.62 bits per heavy atom. The third-order valence-corrected chi connectivity index (χ3v) is 7.35. The SMILES string of the molecule is Cc1ccc(C)c2sc(N3CCN(CCNC(=O)C4COc5ccccc5O4)CC3)nc12. The van der Waals surface area contributed by atoms with E-state index in [9.17, 15) is 4.79 Å². The number of hydrogen-bond acceptors (Lipinski definition) is 7. The van der Waals surface area contributed by atoms with E-state index in [4.69, 9.17) is 14.5 Å². The van der Waals surface area contributed by atoms with Gasteiger partial charge in [-0.05, 0) is 37.1 Å². The van der Waals surface area contributed by atoms with E-state index in [1.54, 1.807) is 11.3 Å². The molecule has 7 nitrogen and oxygen atoms in total. The number of nitrogens with zero attached hydrogens (tertiary/aromatic N) is 3. The molecule has 5 rings (SSSR count). The summed E-state index contributed by atoms with van der Waals surface area (Å²) in [6.07, 6.45) is -0.604. The number of amides is 1. The molecule has 1 unspecified atom stereocenters. The summed E-state index contributed by atoms with van der Waals surface area (Å²) in [4.78, 5) is 22.2. The van der Waals surface area contributed by atoms with Gasteiger partial charge in [0.15, 0.2) is 16.6 Å². The Labute approximate surface area is 191 Å². The third kappa shape index (κ3) is 4.25. The number of hydrogen-bond donors (Lipinski definition) is 1. The average Bonchev–Trinajstić information content (AvgIpc) is 3.28. The highest BCUT2D eigenvalue weighted by atomic mass is 32.1. The minimum atomic E-state index is -0.604. The van der Waals surface area contributed by atoms with Crippen molar-refractivity contribution in [2.75, 3.05) is 50.8 Å². The molecule has 2 aliphatic rings. The van der Waals surface area contributed by atoms with Crippen LogP contribution in [0.25, 0.3) is 10.2 Å². The van der Waals surface area contributed by atoms with E-state index in [1.165, 1.54) is 15.8 Å². The van der Waals surface area contributed by atoms with Crippen LogP contribution in [-0.4, -0.2) is 67.8 Å². The van der Waals surface area contributed by atoms with Gasteiger partial charge in [0.2, 0.25) is 6.10 Å². The Bertz CT molecular complexity index is 1080. The molecular weight excluding hydrogens is 424 g/mol. The highest BCUT2D eigenvalue weighted by molar-refractivity contribution is 7.22. The number of ether oxygens (including phenoxy) is 2. The lowest BCUT2D eigenvalue weighted by molar-refractivity contribution is -0.130. The molecule has 8 heteroatoms. The number of anilines is 1. The third-order valence-electron chi connectivity index (χ3n) is 6.10. The summed E-state index contributed by atoms with van der Waals surface area (Å²) in [5.41, 5.74) is 3.66. The van der Waals surface area contributed by atoms with Gasteiger partial charge in [0, 0.05) is 39.3 Å². The zero-order chi connectivity index (χ0) is 22.1. The fourth-order valence-electron chi connectivity index (χ4n) is 4.15. The number of fused-ring (bicyclic) bond motifs is 2. The molecule has 1 atom stereocenters. The van der Waals surface area contributed by atoms with Gasteiger partial charge >= 0.3 is 0 Å². The van der Waals surface area contributed by atoms with E-state index < -0.39 is 6.10 Å². The first-order valence-electron chi connectivity index (χ1n) is 11.1. The quantitative estimate of drug-likeness (QED) is 0.642. The van der Waals surface area contributed by atoms with Crippen LogP contribution in [0.15, 0.2) is 36.4 Å². The van der Waals surface area contributed by atoms with Crippen LogP contribution in [-0.2, 0) is 4.79 Å². The first kappa shape index (κ1) is 21.0. The van der Waals surface area contributed by atoms with Crippen LogP contribution in [0, 0.1) is 13.8 Å². The normalized spacial score (nSPS) is 18.7. The Morgan fingerprint density at radius 1 is 1.09 bits per heavy atom. The molecule has 1 amide bonds. The van der Waals surface area contributed by atoms with Gasteiger partial charge in [-0.15, -0.1) is 0 Å². The number of nitrogens with one attached hydrogen (secondary N) is 1. The molecule has 2 aliphatic heterocycles. The molecule has 1 fully saturated rings. The highest BCUT2D eigenvalue weighted by Crippen LogP contribution is 2.33. The number of aryl methyl sites for hydroxylation is 2. The molecule has 0 saturated carbocycles. The van der Waals surface area contributed by atoms with Crippen molar-refractivity contribution in [2.45, 2.75) is 20.0 Å². The van der Waals surface area contributed by atoms with E-state index in [1.807, 2.05) is 24.3 Å². The van der Waals surface area contributed by atoms with Crippen molar-refractivity contribution in [2.24, 2.45) is 0 Å². The van der Waals surface area contributed by atoms with E-state index in [2.05, 4.69) is 41.1 Å². The lowest BCUT2D eigenvalue weighted by Gasteiger charge is -2.34. The van der Waals surface area contributed by atoms with Crippen molar-refractivity contribution >= 4 is 32.6 Å². The maximum Gasteiger partial charge on any atom is 0.264 e. The number of benzene rings is 2. The smallest absolute Gasteiger partial charge is 0.264 e. The molecule has 32 heavy (non-hydrogen) atoms. The van der Waals surface area contributed by atoms with Crippen LogP contribution in [0.3, 0.4) is 0 Å². The summed E-state index contributed by atoms with van der Waals surface area (Å²) < 4.78 is 12.7. The topological polar surface area (TPSA) is 66.9 Å². The van der Waals surface area contributed by atoms with Gasteiger partial charge < -0.3 is 19.7 Å². The van der Waals surface area contributed by atoms with Gasteiger partial charge in [-0.1, -0.05) is 35.6 Å². The molecule has 3 aromatic rings. The van der Waals surface area contributed by atoms with Crippen LogP contribution in [0.1, 0.15) is 11.1 Å². The molecule has 1 saturated heterocycles. The molecule has 1 N–H and O–H groups in total. The molecule has 0 bridgehead atoms. The van der Waals surface area contributed by atoms with Gasteiger partial charge in [-0.2, -0.15) is 0 Å².